The van der Waals surface area contributed by atoms with Gasteiger partial charge in [0.2, 0.25) is 0 Å². The topological polar surface area (TPSA) is 93.0 Å². The number of ether oxygens (including phenoxy) is 1. The highest BCUT2D eigenvalue weighted by molar-refractivity contribution is 5.98. The van der Waals surface area contributed by atoms with E-state index in [2.05, 4.69) is 0 Å². The molecular formula is C23H25N3O5. The van der Waals surface area contributed by atoms with Gasteiger partial charge in [-0.05, 0) is 25.0 Å². The Balaban J connectivity index is 1.47. The predicted octanol–water partition coefficient (Wildman–Crippen LogP) is 3.17. The number of carbonyl (C=O) groups excluding carboxylic acids is 2. The molecule has 2 saturated heterocycles. The summed E-state index contributed by atoms with van der Waals surface area (Å²) in [6.07, 6.45) is 1.28. The Kier molecular flexibility index (Phi) is 6.27. The molecule has 162 valence electrons. The molecule has 2 fully saturated rings. The van der Waals surface area contributed by atoms with Gasteiger partial charge in [0.1, 0.15) is 5.69 Å². The zero-order chi connectivity index (χ0) is 21.8. The van der Waals surface area contributed by atoms with Crippen molar-refractivity contribution in [3.8, 4) is 0 Å². The Hall–Kier alpha value is -3.26. The number of nitrogens with zero attached hydrogens (tertiary/aromatic N) is 3. The second kappa shape index (κ2) is 9.26. The van der Waals surface area contributed by atoms with E-state index in [4.69, 9.17) is 4.74 Å². The first kappa shape index (κ1) is 21.0. The fraction of sp³-hybridized carbons (Fsp3) is 0.391. The number of piperidine rings is 1. The Morgan fingerprint density at radius 1 is 0.935 bits per heavy atom. The van der Waals surface area contributed by atoms with Crippen molar-refractivity contribution in [1.29, 1.82) is 0 Å². The van der Waals surface area contributed by atoms with Gasteiger partial charge in [-0.1, -0.05) is 30.3 Å². The van der Waals surface area contributed by atoms with Crippen LogP contribution in [0.4, 0.5) is 11.4 Å². The first-order valence-electron chi connectivity index (χ1n) is 10.5. The summed E-state index contributed by atoms with van der Waals surface area (Å²) in [6, 6.07) is 13.9. The highest BCUT2D eigenvalue weighted by Crippen LogP contribution is 2.33. The minimum absolute atomic E-state index is 0.0769. The van der Waals surface area contributed by atoms with Crippen molar-refractivity contribution in [2.45, 2.75) is 12.8 Å². The number of nitro groups is 1. The number of nitro benzene ring substituents is 1. The number of hydrogen-bond donors (Lipinski definition) is 0. The number of morpholine rings is 1. The molecule has 2 heterocycles. The van der Waals surface area contributed by atoms with E-state index in [1.165, 1.54) is 6.07 Å². The van der Waals surface area contributed by atoms with Gasteiger partial charge in [-0.15, -0.1) is 0 Å². The third kappa shape index (κ3) is 4.59. The van der Waals surface area contributed by atoms with Gasteiger partial charge in [0.05, 0.1) is 18.1 Å². The molecule has 31 heavy (non-hydrogen) atoms. The van der Waals surface area contributed by atoms with Crippen molar-refractivity contribution in [3.05, 3.63) is 69.8 Å². The third-order valence-electron chi connectivity index (χ3n) is 5.98. The molecule has 0 spiro atoms. The SMILES string of the molecule is O=C(c1ccccc1)C1CCN(c2ccc(C(=O)N3CCOCC3)cc2[N+](=O)[O-])CC1. The third-order valence-corrected chi connectivity index (χ3v) is 5.98. The van der Waals surface area contributed by atoms with Gasteiger partial charge in [0.15, 0.2) is 5.78 Å². The lowest BCUT2D eigenvalue weighted by molar-refractivity contribution is -0.384. The summed E-state index contributed by atoms with van der Waals surface area (Å²) >= 11 is 0. The van der Waals surface area contributed by atoms with E-state index in [-0.39, 0.29) is 23.3 Å². The first-order valence-corrected chi connectivity index (χ1v) is 10.5. The number of amides is 1. The predicted molar refractivity (Wildman–Crippen MR) is 116 cm³/mol. The summed E-state index contributed by atoms with van der Waals surface area (Å²) in [5, 5.41) is 11.8. The van der Waals surface area contributed by atoms with E-state index in [0.29, 0.717) is 69.0 Å². The lowest BCUT2D eigenvalue weighted by Gasteiger charge is -2.33. The van der Waals surface area contributed by atoms with Gasteiger partial charge in [-0.3, -0.25) is 19.7 Å². The number of ketones is 1. The molecule has 2 aromatic carbocycles. The lowest BCUT2D eigenvalue weighted by atomic mass is 9.88. The molecule has 0 aromatic heterocycles. The van der Waals surface area contributed by atoms with Gasteiger partial charge < -0.3 is 14.5 Å². The van der Waals surface area contributed by atoms with E-state index in [1.54, 1.807) is 17.0 Å². The smallest absolute Gasteiger partial charge is 0.293 e. The van der Waals surface area contributed by atoms with Crippen molar-refractivity contribution in [2.24, 2.45) is 5.92 Å². The number of benzene rings is 2. The average Bonchev–Trinajstić information content (AvgIpc) is 2.84. The molecule has 2 aliphatic rings. The summed E-state index contributed by atoms with van der Waals surface area (Å²) in [5.74, 6) is -0.175. The standard InChI is InChI=1S/C23H25N3O5/c27-22(17-4-2-1-3-5-17)18-8-10-24(11-9-18)20-7-6-19(16-21(20)26(29)30)23(28)25-12-14-31-15-13-25/h1-7,16,18H,8-15H2. The van der Waals surface area contributed by atoms with Crippen LogP contribution in [0, 0.1) is 16.0 Å². The molecule has 0 atom stereocenters. The number of Topliss-reactive ketones (excluding diaryl/α,β-unsaturated/α-hetero) is 1. The summed E-state index contributed by atoms with van der Waals surface area (Å²) in [6.45, 7) is 3.03. The maximum Gasteiger partial charge on any atom is 0.293 e. The van der Waals surface area contributed by atoms with Crippen LogP contribution in [0.25, 0.3) is 0 Å². The molecule has 0 saturated carbocycles. The van der Waals surface area contributed by atoms with Crippen LogP contribution in [0.1, 0.15) is 33.6 Å². The molecule has 4 rings (SSSR count). The fourth-order valence-corrected chi connectivity index (χ4v) is 4.24. The van der Waals surface area contributed by atoms with Crippen LogP contribution in [0.2, 0.25) is 0 Å². The van der Waals surface area contributed by atoms with Crippen molar-refractivity contribution >= 4 is 23.1 Å². The number of rotatable bonds is 5. The van der Waals surface area contributed by atoms with Gasteiger partial charge in [0, 0.05) is 49.3 Å². The normalized spacial score (nSPS) is 17.4. The molecule has 0 aliphatic carbocycles. The van der Waals surface area contributed by atoms with Crippen LogP contribution in [0.5, 0.6) is 0 Å². The van der Waals surface area contributed by atoms with Gasteiger partial charge in [-0.2, -0.15) is 0 Å². The zero-order valence-electron chi connectivity index (χ0n) is 17.2. The fourth-order valence-electron chi connectivity index (χ4n) is 4.24. The average molecular weight is 423 g/mol. The van der Waals surface area contributed by atoms with E-state index in [9.17, 15) is 19.7 Å². The summed E-state index contributed by atoms with van der Waals surface area (Å²) in [5.41, 5.74) is 1.44. The van der Waals surface area contributed by atoms with Gasteiger partial charge in [-0.25, -0.2) is 0 Å². The lowest BCUT2D eigenvalue weighted by Crippen LogP contribution is -2.40. The van der Waals surface area contributed by atoms with Crippen molar-refractivity contribution in [3.63, 3.8) is 0 Å². The first-order chi connectivity index (χ1) is 15.0. The minimum atomic E-state index is -0.438. The van der Waals surface area contributed by atoms with Crippen LogP contribution >= 0.6 is 0 Å². The van der Waals surface area contributed by atoms with E-state index in [1.807, 2.05) is 35.2 Å². The maximum atomic E-state index is 12.7. The van der Waals surface area contributed by atoms with Crippen molar-refractivity contribution in [2.75, 3.05) is 44.3 Å². The minimum Gasteiger partial charge on any atom is -0.378 e. The second-order valence-electron chi connectivity index (χ2n) is 7.86. The Morgan fingerprint density at radius 3 is 2.26 bits per heavy atom. The van der Waals surface area contributed by atoms with E-state index < -0.39 is 4.92 Å². The van der Waals surface area contributed by atoms with E-state index >= 15 is 0 Å². The highest BCUT2D eigenvalue weighted by Gasteiger charge is 2.30. The van der Waals surface area contributed by atoms with Gasteiger partial charge >= 0.3 is 0 Å². The second-order valence-corrected chi connectivity index (χ2v) is 7.86. The van der Waals surface area contributed by atoms with Crippen LogP contribution in [-0.2, 0) is 4.74 Å². The maximum absolute atomic E-state index is 12.7. The summed E-state index contributed by atoms with van der Waals surface area (Å²) in [4.78, 5) is 40.3. The van der Waals surface area contributed by atoms with E-state index in [0.717, 1.165) is 0 Å². The Labute approximate surface area is 180 Å². The molecule has 1 amide bonds. The van der Waals surface area contributed by atoms with Crippen LogP contribution in [-0.4, -0.2) is 60.9 Å². The Morgan fingerprint density at radius 2 is 1.61 bits per heavy atom. The van der Waals surface area contributed by atoms with Gasteiger partial charge in [0.25, 0.3) is 11.6 Å². The summed E-state index contributed by atoms with van der Waals surface area (Å²) < 4.78 is 5.27. The molecule has 0 radical (unpaired) electrons. The zero-order valence-corrected chi connectivity index (χ0v) is 17.2. The largest absolute Gasteiger partial charge is 0.378 e. The molecule has 2 aliphatic heterocycles. The molecule has 0 unspecified atom stereocenters. The molecule has 0 N–H and O–H groups in total. The van der Waals surface area contributed by atoms with Crippen LogP contribution in [0.3, 0.4) is 0 Å². The molecule has 0 bridgehead atoms. The number of anilines is 1. The van der Waals surface area contributed by atoms with Crippen LogP contribution in [0.15, 0.2) is 48.5 Å². The molecule has 2 aromatic rings. The van der Waals surface area contributed by atoms with Crippen molar-refractivity contribution in [1.82, 2.24) is 4.90 Å². The van der Waals surface area contributed by atoms with Crippen molar-refractivity contribution < 1.29 is 19.2 Å². The number of carbonyl (C=O) groups is 2. The molecule has 8 nitrogen and oxygen atoms in total. The molecular weight excluding hydrogens is 398 g/mol. The van der Waals surface area contributed by atoms with Crippen LogP contribution < -0.4 is 4.90 Å². The number of hydrogen-bond acceptors (Lipinski definition) is 6. The monoisotopic (exact) mass is 423 g/mol. The molecule has 8 heteroatoms. The highest BCUT2D eigenvalue weighted by atomic mass is 16.6. The Bertz CT molecular complexity index is 964. The summed E-state index contributed by atoms with van der Waals surface area (Å²) in [7, 11) is 0. The quantitative estimate of drug-likeness (QED) is 0.417.